The maximum atomic E-state index is 13.9. The molecule has 8 nitrogen and oxygen atoms in total. The molecule has 180 valence electrons. The zero-order valence-electron chi connectivity index (χ0n) is 19.4. The lowest BCUT2D eigenvalue weighted by molar-refractivity contribution is -0.149. The SMILES string of the molecule is CCC(C)(C)C1CCC2(CC1)NC(=O)N(CC(=O)OCc1cc(F)cc3c1OCOC3)C2=O. The summed E-state index contributed by atoms with van der Waals surface area (Å²) in [6, 6.07) is 1.97. The van der Waals surface area contributed by atoms with Crippen molar-refractivity contribution in [2.24, 2.45) is 11.3 Å². The van der Waals surface area contributed by atoms with Crippen molar-refractivity contribution in [2.75, 3.05) is 13.3 Å². The first-order chi connectivity index (χ1) is 15.6. The molecule has 2 heterocycles. The number of carbonyl (C=O) groups is 3. The molecule has 1 spiro atoms. The van der Waals surface area contributed by atoms with Crippen LogP contribution in [0.25, 0.3) is 0 Å². The van der Waals surface area contributed by atoms with Crippen LogP contribution in [0.4, 0.5) is 9.18 Å². The van der Waals surface area contributed by atoms with Gasteiger partial charge in [0, 0.05) is 11.1 Å². The molecule has 4 rings (SSSR count). The number of halogens is 1. The lowest BCUT2D eigenvalue weighted by Crippen LogP contribution is -2.51. The largest absolute Gasteiger partial charge is 0.467 e. The molecule has 0 bridgehead atoms. The molecule has 0 aromatic heterocycles. The Morgan fingerprint density at radius 1 is 1.30 bits per heavy atom. The molecule has 1 aromatic carbocycles. The Bertz CT molecular complexity index is 955. The molecule has 33 heavy (non-hydrogen) atoms. The summed E-state index contributed by atoms with van der Waals surface area (Å²) < 4.78 is 29.7. The molecule has 9 heteroatoms. The summed E-state index contributed by atoms with van der Waals surface area (Å²) in [5.74, 6) is -0.702. The molecule has 1 saturated heterocycles. The first kappa shape index (κ1) is 23.5. The van der Waals surface area contributed by atoms with Gasteiger partial charge in [-0.05, 0) is 49.1 Å². The highest BCUT2D eigenvalue weighted by molar-refractivity contribution is 6.08. The molecule has 0 atom stereocenters. The average Bonchev–Trinajstić information content (AvgIpc) is 3.01. The van der Waals surface area contributed by atoms with Gasteiger partial charge in [-0.2, -0.15) is 0 Å². The van der Waals surface area contributed by atoms with Gasteiger partial charge in [-0.15, -0.1) is 0 Å². The fraction of sp³-hybridized carbons (Fsp3) is 0.625. The standard InChI is InChI=1S/C24H31FN2O6/c1-4-23(2,3)17-5-7-24(8-6-17)21(29)27(22(30)26-24)11-19(28)32-13-16-10-18(25)9-15-12-31-14-33-20(15)16/h9-10,17H,4-8,11-14H2,1-3H3,(H,26,30). The third kappa shape index (κ3) is 4.55. The predicted molar refractivity (Wildman–Crippen MR) is 115 cm³/mol. The van der Waals surface area contributed by atoms with Gasteiger partial charge in [0.15, 0.2) is 6.79 Å². The number of esters is 1. The van der Waals surface area contributed by atoms with Crippen LogP contribution in [-0.2, 0) is 32.3 Å². The summed E-state index contributed by atoms with van der Waals surface area (Å²) in [5.41, 5.74) is 0.146. The smallest absolute Gasteiger partial charge is 0.326 e. The number of fused-ring (bicyclic) bond motifs is 1. The van der Waals surface area contributed by atoms with Crippen molar-refractivity contribution in [1.82, 2.24) is 10.2 Å². The molecule has 1 saturated carbocycles. The van der Waals surface area contributed by atoms with Gasteiger partial charge in [0.25, 0.3) is 5.91 Å². The lowest BCUT2D eigenvalue weighted by atomic mass is 9.65. The Kier molecular flexibility index (Phi) is 6.35. The monoisotopic (exact) mass is 462 g/mol. The number of amides is 3. The Labute approximate surface area is 192 Å². The van der Waals surface area contributed by atoms with E-state index in [1.807, 2.05) is 0 Å². The van der Waals surface area contributed by atoms with Crippen LogP contribution in [-0.4, -0.2) is 41.7 Å². The van der Waals surface area contributed by atoms with Gasteiger partial charge in [0.2, 0.25) is 0 Å². The van der Waals surface area contributed by atoms with Gasteiger partial charge < -0.3 is 19.5 Å². The Balaban J connectivity index is 1.36. The molecule has 3 aliphatic rings. The number of ether oxygens (including phenoxy) is 3. The number of nitrogens with zero attached hydrogens (tertiary/aromatic N) is 1. The highest BCUT2D eigenvalue weighted by Gasteiger charge is 2.53. The van der Waals surface area contributed by atoms with E-state index >= 15 is 0 Å². The normalized spacial score (nSPS) is 25.0. The summed E-state index contributed by atoms with van der Waals surface area (Å²) in [6.07, 6.45) is 3.87. The first-order valence-corrected chi connectivity index (χ1v) is 11.5. The second-order valence-corrected chi connectivity index (χ2v) is 9.84. The molecule has 2 aliphatic heterocycles. The van der Waals surface area contributed by atoms with Crippen molar-refractivity contribution in [3.8, 4) is 5.75 Å². The number of hydrogen-bond donors (Lipinski definition) is 1. The molecule has 0 radical (unpaired) electrons. The molecular weight excluding hydrogens is 431 g/mol. The molecule has 3 amide bonds. The fourth-order valence-electron chi connectivity index (χ4n) is 5.04. The second kappa shape index (κ2) is 8.93. The van der Waals surface area contributed by atoms with Crippen LogP contribution in [0.2, 0.25) is 0 Å². The number of rotatable bonds is 6. The summed E-state index contributed by atoms with van der Waals surface area (Å²) in [7, 11) is 0. The molecule has 1 aliphatic carbocycles. The van der Waals surface area contributed by atoms with Crippen molar-refractivity contribution in [2.45, 2.75) is 71.6 Å². The van der Waals surface area contributed by atoms with Crippen molar-refractivity contribution in [3.63, 3.8) is 0 Å². The minimum atomic E-state index is -0.937. The highest BCUT2D eigenvalue weighted by atomic mass is 19.1. The van der Waals surface area contributed by atoms with Gasteiger partial charge in [0.1, 0.15) is 30.3 Å². The van der Waals surface area contributed by atoms with Gasteiger partial charge in [-0.25, -0.2) is 9.18 Å². The Hall–Kier alpha value is -2.68. The van der Waals surface area contributed by atoms with E-state index in [0.717, 1.165) is 24.2 Å². The minimum absolute atomic E-state index is 0.0282. The van der Waals surface area contributed by atoms with E-state index in [9.17, 15) is 18.8 Å². The van der Waals surface area contributed by atoms with Crippen molar-refractivity contribution >= 4 is 17.9 Å². The van der Waals surface area contributed by atoms with Crippen LogP contribution >= 0.6 is 0 Å². The second-order valence-electron chi connectivity index (χ2n) is 9.84. The Morgan fingerprint density at radius 2 is 2.03 bits per heavy atom. The van der Waals surface area contributed by atoms with Crippen LogP contribution in [0.1, 0.15) is 64.0 Å². The topological polar surface area (TPSA) is 94.2 Å². The van der Waals surface area contributed by atoms with Gasteiger partial charge in [-0.1, -0.05) is 27.2 Å². The summed E-state index contributed by atoms with van der Waals surface area (Å²) >= 11 is 0. The summed E-state index contributed by atoms with van der Waals surface area (Å²) in [6.45, 7) is 6.15. The molecule has 1 aromatic rings. The maximum Gasteiger partial charge on any atom is 0.326 e. The highest BCUT2D eigenvalue weighted by Crippen LogP contribution is 2.45. The third-order valence-corrected chi connectivity index (χ3v) is 7.53. The average molecular weight is 463 g/mol. The van der Waals surface area contributed by atoms with E-state index in [-0.39, 0.29) is 31.3 Å². The van der Waals surface area contributed by atoms with Crippen LogP contribution in [0, 0.1) is 17.2 Å². The maximum absolute atomic E-state index is 13.9. The van der Waals surface area contributed by atoms with Crippen LogP contribution in [0.5, 0.6) is 5.75 Å². The van der Waals surface area contributed by atoms with E-state index in [1.165, 1.54) is 12.1 Å². The number of imide groups is 1. The number of carbonyl (C=O) groups excluding carboxylic acids is 3. The molecule has 0 unspecified atom stereocenters. The summed E-state index contributed by atoms with van der Waals surface area (Å²) in [4.78, 5) is 39.0. The fourth-order valence-corrected chi connectivity index (χ4v) is 5.04. The van der Waals surface area contributed by atoms with E-state index < -0.39 is 29.9 Å². The van der Waals surface area contributed by atoms with E-state index in [2.05, 4.69) is 26.1 Å². The molecule has 1 N–H and O–H groups in total. The minimum Gasteiger partial charge on any atom is -0.467 e. The van der Waals surface area contributed by atoms with Crippen molar-refractivity contribution in [1.29, 1.82) is 0 Å². The van der Waals surface area contributed by atoms with E-state index in [1.54, 1.807) is 0 Å². The Morgan fingerprint density at radius 3 is 2.73 bits per heavy atom. The number of urea groups is 1. The zero-order chi connectivity index (χ0) is 23.8. The van der Waals surface area contributed by atoms with Crippen molar-refractivity contribution < 1.29 is 33.0 Å². The molecule has 2 fully saturated rings. The number of nitrogens with one attached hydrogen (secondary N) is 1. The van der Waals surface area contributed by atoms with Gasteiger partial charge >= 0.3 is 12.0 Å². The van der Waals surface area contributed by atoms with Gasteiger partial charge in [0.05, 0.1) is 6.61 Å². The molecular formula is C24H31FN2O6. The van der Waals surface area contributed by atoms with Gasteiger partial charge in [-0.3, -0.25) is 14.5 Å². The first-order valence-electron chi connectivity index (χ1n) is 11.5. The number of benzene rings is 1. The van der Waals surface area contributed by atoms with Crippen LogP contribution in [0.15, 0.2) is 12.1 Å². The van der Waals surface area contributed by atoms with E-state index in [0.29, 0.717) is 35.6 Å². The third-order valence-electron chi connectivity index (χ3n) is 7.53. The van der Waals surface area contributed by atoms with Crippen LogP contribution in [0.3, 0.4) is 0 Å². The van der Waals surface area contributed by atoms with E-state index in [4.69, 9.17) is 14.2 Å². The number of hydrogen-bond acceptors (Lipinski definition) is 6. The van der Waals surface area contributed by atoms with Crippen LogP contribution < -0.4 is 10.1 Å². The predicted octanol–water partition coefficient (Wildman–Crippen LogP) is 3.65. The summed E-state index contributed by atoms with van der Waals surface area (Å²) in [5, 5.41) is 2.83. The lowest BCUT2D eigenvalue weighted by Gasteiger charge is -2.42. The van der Waals surface area contributed by atoms with Crippen molar-refractivity contribution in [3.05, 3.63) is 29.1 Å². The zero-order valence-corrected chi connectivity index (χ0v) is 19.4. The quantitative estimate of drug-likeness (QED) is 0.512.